The SMILES string of the molecule is NCC#Cc1ccc(C(=O)NCC2CCCCS2)cc1. The Morgan fingerprint density at radius 1 is 1.35 bits per heavy atom. The van der Waals surface area contributed by atoms with Gasteiger partial charge >= 0.3 is 0 Å². The number of carbonyl (C=O) groups excluding carboxylic acids is 1. The molecule has 1 unspecified atom stereocenters. The predicted molar refractivity (Wildman–Crippen MR) is 84.8 cm³/mol. The summed E-state index contributed by atoms with van der Waals surface area (Å²) in [5.74, 6) is 6.95. The summed E-state index contributed by atoms with van der Waals surface area (Å²) in [6, 6.07) is 7.33. The van der Waals surface area contributed by atoms with Crippen LogP contribution in [0.1, 0.15) is 35.2 Å². The van der Waals surface area contributed by atoms with Crippen molar-refractivity contribution in [2.75, 3.05) is 18.8 Å². The molecular weight excluding hydrogens is 268 g/mol. The molecule has 0 aliphatic carbocycles. The number of nitrogens with two attached hydrogens (primary N) is 1. The Morgan fingerprint density at radius 2 is 2.15 bits per heavy atom. The van der Waals surface area contributed by atoms with E-state index < -0.39 is 0 Å². The lowest BCUT2D eigenvalue weighted by atomic mass is 10.1. The van der Waals surface area contributed by atoms with Crippen molar-refractivity contribution in [1.82, 2.24) is 5.32 Å². The fourth-order valence-electron chi connectivity index (χ4n) is 2.14. The molecule has 0 spiro atoms. The first kappa shape index (κ1) is 15.0. The maximum Gasteiger partial charge on any atom is 0.251 e. The Hall–Kier alpha value is -1.44. The van der Waals surface area contributed by atoms with Crippen LogP contribution < -0.4 is 11.1 Å². The lowest BCUT2D eigenvalue weighted by molar-refractivity contribution is 0.0953. The first-order valence-corrected chi connectivity index (χ1v) is 8.03. The van der Waals surface area contributed by atoms with Crippen LogP contribution in [0.25, 0.3) is 0 Å². The molecule has 0 bridgehead atoms. The number of thioether (sulfide) groups is 1. The van der Waals surface area contributed by atoms with E-state index in [2.05, 4.69) is 17.2 Å². The number of nitrogens with one attached hydrogen (secondary N) is 1. The van der Waals surface area contributed by atoms with E-state index in [4.69, 9.17) is 5.73 Å². The summed E-state index contributed by atoms with van der Waals surface area (Å²) in [5, 5.41) is 3.59. The van der Waals surface area contributed by atoms with Crippen LogP contribution >= 0.6 is 11.8 Å². The highest BCUT2D eigenvalue weighted by atomic mass is 32.2. The van der Waals surface area contributed by atoms with E-state index in [-0.39, 0.29) is 5.91 Å². The molecule has 1 aliphatic heterocycles. The third-order valence-electron chi connectivity index (χ3n) is 3.25. The molecule has 1 saturated heterocycles. The van der Waals surface area contributed by atoms with Gasteiger partial charge in [-0.15, -0.1) is 0 Å². The van der Waals surface area contributed by atoms with E-state index in [9.17, 15) is 4.79 Å². The largest absolute Gasteiger partial charge is 0.351 e. The highest BCUT2D eigenvalue weighted by Gasteiger charge is 2.15. The van der Waals surface area contributed by atoms with Gasteiger partial charge in [0, 0.05) is 22.9 Å². The Bertz CT molecular complexity index is 495. The number of hydrogen-bond donors (Lipinski definition) is 2. The summed E-state index contributed by atoms with van der Waals surface area (Å²) in [4.78, 5) is 12.0. The molecule has 1 amide bonds. The van der Waals surface area contributed by atoms with Crippen molar-refractivity contribution in [3.8, 4) is 11.8 Å². The third-order valence-corrected chi connectivity index (χ3v) is 4.64. The van der Waals surface area contributed by atoms with Gasteiger partial charge in [0.25, 0.3) is 5.91 Å². The van der Waals surface area contributed by atoms with Crippen LogP contribution in [-0.2, 0) is 0 Å². The van der Waals surface area contributed by atoms with E-state index >= 15 is 0 Å². The molecule has 0 saturated carbocycles. The van der Waals surface area contributed by atoms with Crippen LogP contribution in [0.3, 0.4) is 0 Å². The fraction of sp³-hybridized carbons (Fsp3) is 0.438. The summed E-state index contributed by atoms with van der Waals surface area (Å²) in [5.41, 5.74) is 6.89. The molecule has 2 rings (SSSR count). The van der Waals surface area contributed by atoms with Crippen molar-refractivity contribution >= 4 is 17.7 Å². The number of benzene rings is 1. The zero-order valence-electron chi connectivity index (χ0n) is 11.5. The van der Waals surface area contributed by atoms with E-state index in [1.54, 1.807) is 0 Å². The Labute approximate surface area is 124 Å². The van der Waals surface area contributed by atoms with Gasteiger partial charge in [0.15, 0.2) is 0 Å². The summed E-state index contributed by atoms with van der Waals surface area (Å²) >= 11 is 1.97. The van der Waals surface area contributed by atoms with Crippen molar-refractivity contribution in [1.29, 1.82) is 0 Å². The maximum absolute atomic E-state index is 12.0. The lowest BCUT2D eigenvalue weighted by Crippen LogP contribution is -2.31. The minimum Gasteiger partial charge on any atom is -0.351 e. The number of rotatable bonds is 3. The molecule has 1 atom stereocenters. The predicted octanol–water partition coefficient (Wildman–Crippen LogP) is 2.01. The third kappa shape index (κ3) is 4.59. The highest BCUT2D eigenvalue weighted by molar-refractivity contribution is 7.99. The van der Waals surface area contributed by atoms with Crippen molar-refractivity contribution in [2.24, 2.45) is 5.73 Å². The second-order valence-corrected chi connectivity index (χ2v) is 6.19. The van der Waals surface area contributed by atoms with Crippen LogP contribution in [0.15, 0.2) is 24.3 Å². The molecule has 106 valence electrons. The van der Waals surface area contributed by atoms with Gasteiger partial charge in [-0.2, -0.15) is 11.8 Å². The zero-order chi connectivity index (χ0) is 14.2. The average Bonchev–Trinajstić information content (AvgIpc) is 2.52. The molecular formula is C16H20N2OS. The number of carbonyl (C=O) groups is 1. The summed E-state index contributed by atoms with van der Waals surface area (Å²) in [6.45, 7) is 1.11. The van der Waals surface area contributed by atoms with E-state index in [0.717, 1.165) is 12.1 Å². The van der Waals surface area contributed by atoms with Crippen molar-refractivity contribution < 1.29 is 4.79 Å². The van der Waals surface area contributed by atoms with Gasteiger partial charge in [-0.05, 0) is 42.9 Å². The standard InChI is InChI=1S/C16H20N2OS/c17-10-3-4-13-6-8-14(9-7-13)16(19)18-12-15-5-1-2-11-20-15/h6-9,15H,1-2,5,10-12,17H2,(H,18,19). The molecule has 0 aromatic heterocycles. The molecule has 20 heavy (non-hydrogen) atoms. The lowest BCUT2D eigenvalue weighted by Gasteiger charge is -2.21. The summed E-state index contributed by atoms with van der Waals surface area (Å²) in [7, 11) is 0. The average molecular weight is 288 g/mol. The van der Waals surface area contributed by atoms with Crippen LogP contribution in [0, 0.1) is 11.8 Å². The maximum atomic E-state index is 12.0. The Morgan fingerprint density at radius 3 is 2.80 bits per heavy atom. The normalized spacial score (nSPS) is 17.9. The molecule has 1 aromatic carbocycles. The van der Waals surface area contributed by atoms with Crippen LogP contribution in [-0.4, -0.2) is 30.0 Å². The Balaban J connectivity index is 1.85. The molecule has 3 nitrogen and oxygen atoms in total. The van der Waals surface area contributed by atoms with Crippen LogP contribution in [0.5, 0.6) is 0 Å². The smallest absolute Gasteiger partial charge is 0.251 e. The Kier molecular flexibility index (Phi) is 5.97. The van der Waals surface area contributed by atoms with Gasteiger partial charge in [0.05, 0.1) is 6.54 Å². The van der Waals surface area contributed by atoms with Crippen LogP contribution in [0.4, 0.5) is 0 Å². The molecule has 1 fully saturated rings. The zero-order valence-corrected chi connectivity index (χ0v) is 12.3. The molecule has 3 N–H and O–H groups in total. The van der Waals surface area contributed by atoms with Crippen molar-refractivity contribution in [3.63, 3.8) is 0 Å². The molecule has 1 aromatic rings. The minimum atomic E-state index is -0.00509. The summed E-state index contributed by atoms with van der Waals surface area (Å²) in [6.07, 6.45) is 3.79. The van der Waals surface area contributed by atoms with Crippen molar-refractivity contribution in [3.05, 3.63) is 35.4 Å². The minimum absolute atomic E-state index is 0.00509. The number of hydrogen-bond acceptors (Lipinski definition) is 3. The highest BCUT2D eigenvalue weighted by Crippen LogP contribution is 2.24. The second kappa shape index (κ2) is 7.98. The van der Waals surface area contributed by atoms with Gasteiger partial charge in [-0.1, -0.05) is 18.3 Å². The number of amides is 1. The van der Waals surface area contributed by atoms with E-state index in [0.29, 0.717) is 17.4 Å². The summed E-state index contributed by atoms with van der Waals surface area (Å²) < 4.78 is 0. The van der Waals surface area contributed by atoms with E-state index in [1.165, 1.54) is 25.0 Å². The van der Waals surface area contributed by atoms with Gasteiger partial charge < -0.3 is 11.1 Å². The topological polar surface area (TPSA) is 55.1 Å². The van der Waals surface area contributed by atoms with Gasteiger partial charge in [-0.3, -0.25) is 4.79 Å². The van der Waals surface area contributed by atoms with Gasteiger partial charge in [0.1, 0.15) is 0 Å². The molecule has 1 heterocycles. The monoisotopic (exact) mass is 288 g/mol. The first-order chi connectivity index (χ1) is 9.79. The van der Waals surface area contributed by atoms with Gasteiger partial charge in [-0.25, -0.2) is 0 Å². The first-order valence-electron chi connectivity index (χ1n) is 6.98. The second-order valence-electron chi connectivity index (χ2n) is 4.78. The van der Waals surface area contributed by atoms with Gasteiger partial charge in [0.2, 0.25) is 0 Å². The molecule has 1 aliphatic rings. The quantitative estimate of drug-likeness (QED) is 0.837. The molecule has 4 heteroatoms. The molecule has 0 radical (unpaired) electrons. The fourth-order valence-corrected chi connectivity index (χ4v) is 3.37. The van der Waals surface area contributed by atoms with E-state index in [1.807, 2.05) is 36.0 Å². The van der Waals surface area contributed by atoms with Crippen molar-refractivity contribution in [2.45, 2.75) is 24.5 Å². The van der Waals surface area contributed by atoms with Crippen LogP contribution in [0.2, 0.25) is 0 Å².